The molecule has 1 saturated heterocycles. The zero-order valence-electron chi connectivity index (χ0n) is 13.7. The van der Waals surface area contributed by atoms with Gasteiger partial charge >= 0.3 is 0 Å². The van der Waals surface area contributed by atoms with Crippen LogP contribution in [0.2, 0.25) is 0 Å². The van der Waals surface area contributed by atoms with E-state index >= 15 is 0 Å². The molecule has 1 aliphatic rings. The number of hydrogen-bond acceptors (Lipinski definition) is 6. The van der Waals surface area contributed by atoms with Gasteiger partial charge in [0.2, 0.25) is 11.6 Å². The molecule has 0 bridgehead atoms. The third-order valence-corrected chi connectivity index (χ3v) is 4.56. The predicted octanol–water partition coefficient (Wildman–Crippen LogP) is 0.473. The number of anilines is 1. The van der Waals surface area contributed by atoms with Gasteiger partial charge in [0.05, 0.1) is 0 Å². The average molecular weight is 337 g/mol. The molecule has 1 amide bonds. The molecular weight excluding hydrogens is 318 g/mol. The van der Waals surface area contributed by atoms with Crippen LogP contribution in [0.15, 0.2) is 49.1 Å². The Balaban J connectivity index is 1.53. The fourth-order valence-corrected chi connectivity index (χ4v) is 3.35. The monoisotopic (exact) mass is 337 g/mol. The number of nitrogens with two attached hydrogens (primary N) is 1. The molecule has 4 rings (SSSR count). The Morgan fingerprint density at radius 2 is 1.88 bits per heavy atom. The molecule has 3 heterocycles. The lowest BCUT2D eigenvalue weighted by Gasteiger charge is -2.38. The molecule has 0 aliphatic carbocycles. The topological polar surface area (TPSA) is 92.7 Å². The number of piperazine rings is 1. The van der Waals surface area contributed by atoms with Gasteiger partial charge in [-0.15, -0.1) is 10.2 Å². The van der Waals surface area contributed by atoms with E-state index < -0.39 is 6.04 Å². The molecule has 8 nitrogen and oxygen atoms in total. The van der Waals surface area contributed by atoms with Crippen LogP contribution >= 0.6 is 0 Å². The maximum Gasteiger partial charge on any atom is 0.239 e. The summed E-state index contributed by atoms with van der Waals surface area (Å²) < 4.78 is 1.85. The third kappa shape index (κ3) is 2.91. The zero-order valence-corrected chi connectivity index (χ0v) is 13.7. The minimum atomic E-state index is -0.403. The van der Waals surface area contributed by atoms with E-state index in [2.05, 4.69) is 25.0 Å². The van der Waals surface area contributed by atoms with Crippen LogP contribution < -0.4 is 10.6 Å². The minimum absolute atomic E-state index is 0.322. The molecule has 2 N–H and O–H groups in total. The molecule has 3 aromatic rings. The summed E-state index contributed by atoms with van der Waals surface area (Å²) in [5, 5.41) is 8.08. The number of aromatic nitrogens is 4. The molecule has 1 unspecified atom stereocenters. The van der Waals surface area contributed by atoms with Crippen molar-refractivity contribution in [3.8, 4) is 0 Å². The molecular formula is C17H19N7O. The number of benzene rings is 1. The summed E-state index contributed by atoms with van der Waals surface area (Å²) in [5.74, 6) is 0.493. The Bertz CT molecular complexity index is 871. The maximum absolute atomic E-state index is 12.0. The number of primary amides is 1. The summed E-state index contributed by atoms with van der Waals surface area (Å²) in [6.07, 6.45) is 5.23. The highest BCUT2D eigenvalue weighted by Gasteiger charge is 2.29. The van der Waals surface area contributed by atoms with E-state index in [1.54, 1.807) is 12.5 Å². The Labute approximate surface area is 144 Å². The third-order valence-electron chi connectivity index (χ3n) is 4.56. The van der Waals surface area contributed by atoms with Crippen molar-refractivity contribution in [1.82, 2.24) is 24.5 Å². The lowest BCUT2D eigenvalue weighted by Crippen LogP contribution is -2.50. The van der Waals surface area contributed by atoms with Gasteiger partial charge in [-0.1, -0.05) is 30.3 Å². The fourth-order valence-electron chi connectivity index (χ4n) is 3.35. The highest BCUT2D eigenvalue weighted by atomic mass is 16.1. The second kappa shape index (κ2) is 6.48. The average Bonchev–Trinajstić information content (AvgIpc) is 3.12. The number of hydrogen-bond donors (Lipinski definition) is 1. The van der Waals surface area contributed by atoms with E-state index in [0.717, 1.165) is 43.2 Å². The number of fused-ring (bicyclic) bond motifs is 1. The van der Waals surface area contributed by atoms with Crippen LogP contribution in [0.4, 0.5) is 5.82 Å². The zero-order chi connectivity index (χ0) is 17.2. The van der Waals surface area contributed by atoms with Crippen LogP contribution in [0.5, 0.6) is 0 Å². The van der Waals surface area contributed by atoms with Crippen molar-refractivity contribution in [3.63, 3.8) is 0 Å². The van der Waals surface area contributed by atoms with Crippen molar-refractivity contribution in [2.24, 2.45) is 5.73 Å². The van der Waals surface area contributed by atoms with Gasteiger partial charge < -0.3 is 10.6 Å². The molecule has 1 atom stereocenters. The van der Waals surface area contributed by atoms with Crippen molar-refractivity contribution in [2.75, 3.05) is 31.1 Å². The van der Waals surface area contributed by atoms with Gasteiger partial charge in [-0.2, -0.15) is 0 Å². The van der Waals surface area contributed by atoms with Crippen molar-refractivity contribution in [2.45, 2.75) is 6.04 Å². The van der Waals surface area contributed by atoms with Crippen molar-refractivity contribution < 1.29 is 4.79 Å². The summed E-state index contributed by atoms with van der Waals surface area (Å²) in [6.45, 7) is 2.94. The quantitative estimate of drug-likeness (QED) is 0.744. The van der Waals surface area contributed by atoms with Gasteiger partial charge in [-0.25, -0.2) is 4.98 Å². The smallest absolute Gasteiger partial charge is 0.239 e. The maximum atomic E-state index is 12.0. The minimum Gasteiger partial charge on any atom is -0.368 e. The van der Waals surface area contributed by atoms with E-state index in [4.69, 9.17) is 5.73 Å². The Hall–Kier alpha value is -3.00. The Morgan fingerprint density at radius 1 is 1.12 bits per heavy atom. The van der Waals surface area contributed by atoms with Crippen molar-refractivity contribution in [1.29, 1.82) is 0 Å². The van der Waals surface area contributed by atoms with E-state index in [1.807, 2.05) is 40.9 Å². The van der Waals surface area contributed by atoms with Crippen LogP contribution in [-0.4, -0.2) is 56.6 Å². The second-order valence-corrected chi connectivity index (χ2v) is 6.05. The number of carbonyl (C=O) groups is 1. The van der Waals surface area contributed by atoms with Gasteiger partial charge in [0.15, 0.2) is 5.82 Å². The van der Waals surface area contributed by atoms with E-state index in [-0.39, 0.29) is 5.91 Å². The van der Waals surface area contributed by atoms with E-state index in [9.17, 15) is 4.79 Å². The molecule has 128 valence electrons. The molecule has 0 spiro atoms. The van der Waals surface area contributed by atoms with Crippen LogP contribution in [0.1, 0.15) is 11.6 Å². The number of carbonyl (C=O) groups excluding carboxylic acids is 1. The van der Waals surface area contributed by atoms with Gasteiger partial charge in [-0.05, 0) is 5.56 Å². The molecule has 25 heavy (non-hydrogen) atoms. The van der Waals surface area contributed by atoms with Crippen LogP contribution in [0.25, 0.3) is 5.65 Å². The highest BCUT2D eigenvalue weighted by Crippen LogP contribution is 2.24. The SMILES string of the molecule is NC(=O)C(c1ccccc1)N1CCN(c2nccn3cnnc23)CC1. The van der Waals surface area contributed by atoms with E-state index in [1.165, 1.54) is 0 Å². The van der Waals surface area contributed by atoms with Crippen LogP contribution in [0, 0.1) is 0 Å². The molecule has 1 fully saturated rings. The van der Waals surface area contributed by atoms with Crippen molar-refractivity contribution in [3.05, 3.63) is 54.6 Å². The van der Waals surface area contributed by atoms with Crippen molar-refractivity contribution >= 4 is 17.4 Å². The number of rotatable bonds is 4. The largest absolute Gasteiger partial charge is 0.368 e. The lowest BCUT2D eigenvalue weighted by molar-refractivity contribution is -0.123. The number of nitrogens with zero attached hydrogens (tertiary/aromatic N) is 6. The standard InChI is InChI=1S/C17H19N7O/c18-15(25)14(13-4-2-1-3-5-13)22-8-10-23(11-9-22)16-17-21-20-12-24(17)7-6-19-16/h1-7,12,14H,8-11H2,(H2,18,25). The second-order valence-electron chi connectivity index (χ2n) is 6.05. The van der Waals surface area contributed by atoms with Crippen LogP contribution in [0.3, 0.4) is 0 Å². The van der Waals surface area contributed by atoms with Gasteiger partial charge in [-0.3, -0.25) is 14.1 Å². The van der Waals surface area contributed by atoms with Gasteiger partial charge in [0.1, 0.15) is 12.4 Å². The van der Waals surface area contributed by atoms with Crippen LogP contribution in [-0.2, 0) is 4.79 Å². The Morgan fingerprint density at radius 3 is 2.60 bits per heavy atom. The summed E-state index contributed by atoms with van der Waals surface area (Å²) in [5.41, 5.74) is 7.35. The van der Waals surface area contributed by atoms with Gasteiger partial charge in [0.25, 0.3) is 0 Å². The molecule has 1 aliphatic heterocycles. The van der Waals surface area contributed by atoms with Gasteiger partial charge in [0, 0.05) is 38.6 Å². The summed E-state index contributed by atoms with van der Waals surface area (Å²) in [4.78, 5) is 20.8. The molecule has 1 aromatic carbocycles. The molecule has 0 saturated carbocycles. The summed E-state index contributed by atoms with van der Waals surface area (Å²) in [6, 6.07) is 9.28. The highest BCUT2D eigenvalue weighted by molar-refractivity contribution is 5.81. The molecule has 2 aromatic heterocycles. The molecule has 0 radical (unpaired) electrons. The predicted molar refractivity (Wildman–Crippen MR) is 92.9 cm³/mol. The first kappa shape index (κ1) is 15.5. The Kier molecular flexibility index (Phi) is 4.02. The van der Waals surface area contributed by atoms with E-state index in [0.29, 0.717) is 0 Å². The summed E-state index contributed by atoms with van der Waals surface area (Å²) in [7, 11) is 0. The fraction of sp³-hybridized carbons (Fsp3) is 0.294. The molecule has 8 heteroatoms. The first-order chi connectivity index (χ1) is 12.2. The number of amides is 1. The summed E-state index contributed by atoms with van der Waals surface area (Å²) >= 11 is 0. The first-order valence-corrected chi connectivity index (χ1v) is 8.21. The lowest BCUT2D eigenvalue weighted by atomic mass is 10.0. The first-order valence-electron chi connectivity index (χ1n) is 8.21. The normalized spacial score (nSPS) is 16.9.